The minimum Gasteiger partial charge on any atom is -0.450 e. The lowest BCUT2D eigenvalue weighted by Gasteiger charge is -2.05. The lowest BCUT2D eigenvalue weighted by molar-refractivity contribution is 0.0687. The molecular formula is C20H23NO4. The van der Waals surface area contributed by atoms with Crippen molar-refractivity contribution in [3.8, 4) is 0 Å². The van der Waals surface area contributed by atoms with Gasteiger partial charge in [-0.05, 0) is 18.7 Å². The second kappa shape index (κ2) is 8.14. The van der Waals surface area contributed by atoms with Crippen molar-refractivity contribution >= 4 is 27.6 Å². The molecule has 25 heavy (non-hydrogen) atoms. The molecule has 0 saturated heterocycles. The van der Waals surface area contributed by atoms with Crippen LogP contribution in [0.4, 0.5) is 0 Å². The van der Waals surface area contributed by atoms with Gasteiger partial charge in [0, 0.05) is 36.6 Å². The van der Waals surface area contributed by atoms with E-state index in [0.717, 1.165) is 33.7 Å². The fraction of sp³-hybridized carbons (Fsp3) is 0.350. The molecule has 1 amide bonds. The molecule has 0 spiro atoms. The van der Waals surface area contributed by atoms with Gasteiger partial charge in [0.25, 0.3) is 5.91 Å². The molecule has 5 heteroatoms. The molecule has 132 valence electrons. The van der Waals surface area contributed by atoms with Crippen molar-refractivity contribution in [2.24, 2.45) is 0 Å². The molecule has 0 unspecified atom stereocenters. The van der Waals surface area contributed by atoms with Crippen LogP contribution in [0.2, 0.25) is 0 Å². The van der Waals surface area contributed by atoms with Gasteiger partial charge in [-0.2, -0.15) is 0 Å². The monoisotopic (exact) mass is 341 g/mol. The van der Waals surface area contributed by atoms with Gasteiger partial charge in [-0.3, -0.25) is 4.79 Å². The molecule has 1 heterocycles. The number of nitrogens with one attached hydrogen (secondary N) is 1. The Hall–Kier alpha value is -2.37. The zero-order chi connectivity index (χ0) is 17.6. The van der Waals surface area contributed by atoms with Gasteiger partial charge in [0.05, 0.1) is 13.2 Å². The van der Waals surface area contributed by atoms with Crippen LogP contribution in [0.1, 0.15) is 22.5 Å². The first kappa shape index (κ1) is 17.5. The van der Waals surface area contributed by atoms with E-state index in [1.165, 1.54) is 0 Å². The number of furan rings is 1. The van der Waals surface area contributed by atoms with Crippen LogP contribution in [0.15, 0.2) is 40.8 Å². The van der Waals surface area contributed by atoms with Crippen LogP contribution in [0.5, 0.6) is 0 Å². The van der Waals surface area contributed by atoms with Gasteiger partial charge in [-0.15, -0.1) is 0 Å². The van der Waals surface area contributed by atoms with E-state index in [1.54, 1.807) is 7.11 Å². The second-order valence-electron chi connectivity index (χ2n) is 5.93. The number of carbonyl (C=O) groups is 1. The second-order valence-corrected chi connectivity index (χ2v) is 5.93. The fourth-order valence-electron chi connectivity index (χ4n) is 2.87. The third-order valence-corrected chi connectivity index (χ3v) is 4.22. The van der Waals surface area contributed by atoms with E-state index in [9.17, 15) is 4.79 Å². The summed E-state index contributed by atoms with van der Waals surface area (Å²) in [6, 6.07) is 12.1. The van der Waals surface area contributed by atoms with Crippen molar-refractivity contribution in [1.29, 1.82) is 0 Å². The predicted octanol–water partition coefficient (Wildman–Crippen LogP) is 3.68. The molecule has 3 rings (SSSR count). The minimum absolute atomic E-state index is 0.185. The Bertz CT molecular complexity index is 869. The van der Waals surface area contributed by atoms with Gasteiger partial charge < -0.3 is 19.2 Å². The number of ether oxygens (including phenoxy) is 2. The number of benzene rings is 2. The summed E-state index contributed by atoms with van der Waals surface area (Å²) in [4.78, 5) is 12.4. The molecular weight excluding hydrogens is 318 g/mol. The lowest BCUT2D eigenvalue weighted by atomic mass is 10.1. The summed E-state index contributed by atoms with van der Waals surface area (Å²) in [6.45, 7) is 4.21. The third kappa shape index (κ3) is 3.83. The van der Waals surface area contributed by atoms with E-state index in [0.29, 0.717) is 32.1 Å². The van der Waals surface area contributed by atoms with Crippen LogP contribution < -0.4 is 5.32 Å². The molecule has 1 aromatic heterocycles. The van der Waals surface area contributed by atoms with Crippen LogP contribution in [0.3, 0.4) is 0 Å². The number of aryl methyl sites for hydroxylation is 1. The predicted molar refractivity (Wildman–Crippen MR) is 98.1 cm³/mol. The number of rotatable bonds is 8. The van der Waals surface area contributed by atoms with Crippen LogP contribution >= 0.6 is 0 Å². The van der Waals surface area contributed by atoms with Gasteiger partial charge in [0.1, 0.15) is 5.58 Å². The molecule has 0 saturated carbocycles. The van der Waals surface area contributed by atoms with Crippen LogP contribution in [-0.4, -0.2) is 39.4 Å². The third-order valence-electron chi connectivity index (χ3n) is 4.22. The number of fused-ring (bicyclic) bond motifs is 3. The summed E-state index contributed by atoms with van der Waals surface area (Å²) in [7, 11) is 1.64. The summed E-state index contributed by atoms with van der Waals surface area (Å²) in [6.07, 6.45) is 0.748. The summed E-state index contributed by atoms with van der Waals surface area (Å²) < 4.78 is 16.2. The van der Waals surface area contributed by atoms with E-state index in [4.69, 9.17) is 13.9 Å². The van der Waals surface area contributed by atoms with Gasteiger partial charge >= 0.3 is 0 Å². The average molecular weight is 341 g/mol. The molecule has 1 N–H and O–H groups in total. The maximum absolute atomic E-state index is 12.4. The van der Waals surface area contributed by atoms with E-state index < -0.39 is 0 Å². The summed E-state index contributed by atoms with van der Waals surface area (Å²) >= 11 is 0. The normalized spacial score (nSPS) is 11.3. The summed E-state index contributed by atoms with van der Waals surface area (Å²) in [5.41, 5.74) is 1.64. The molecule has 0 radical (unpaired) electrons. The smallest absolute Gasteiger partial charge is 0.287 e. The highest BCUT2D eigenvalue weighted by Crippen LogP contribution is 2.31. The van der Waals surface area contributed by atoms with E-state index in [2.05, 4.69) is 11.4 Å². The van der Waals surface area contributed by atoms with Crippen molar-refractivity contribution in [1.82, 2.24) is 5.32 Å². The highest BCUT2D eigenvalue weighted by Gasteiger charge is 2.18. The Kier molecular flexibility index (Phi) is 5.68. The van der Waals surface area contributed by atoms with Crippen LogP contribution in [-0.2, 0) is 9.47 Å². The Morgan fingerprint density at radius 2 is 1.92 bits per heavy atom. The van der Waals surface area contributed by atoms with Gasteiger partial charge in [0.2, 0.25) is 0 Å². The largest absolute Gasteiger partial charge is 0.450 e. The molecule has 2 aromatic carbocycles. The zero-order valence-electron chi connectivity index (χ0n) is 14.6. The number of carbonyl (C=O) groups excluding carboxylic acids is 1. The van der Waals surface area contributed by atoms with Gasteiger partial charge in [-0.1, -0.05) is 36.4 Å². The minimum atomic E-state index is -0.185. The fourth-order valence-corrected chi connectivity index (χ4v) is 2.87. The molecule has 3 aromatic rings. The Labute approximate surface area is 146 Å². The van der Waals surface area contributed by atoms with Gasteiger partial charge in [-0.25, -0.2) is 0 Å². The van der Waals surface area contributed by atoms with Crippen molar-refractivity contribution in [2.45, 2.75) is 13.3 Å². The maximum atomic E-state index is 12.4. The Balaban J connectivity index is 1.67. The topological polar surface area (TPSA) is 60.7 Å². The summed E-state index contributed by atoms with van der Waals surface area (Å²) in [5, 5.41) is 6.00. The molecule has 0 aliphatic carbocycles. The number of hydrogen-bond donors (Lipinski definition) is 1. The maximum Gasteiger partial charge on any atom is 0.287 e. The number of amides is 1. The van der Waals surface area contributed by atoms with E-state index in [-0.39, 0.29) is 5.91 Å². The lowest BCUT2D eigenvalue weighted by Crippen LogP contribution is -2.25. The Morgan fingerprint density at radius 1 is 1.08 bits per heavy atom. The van der Waals surface area contributed by atoms with Crippen molar-refractivity contribution in [3.63, 3.8) is 0 Å². The molecule has 0 aliphatic heterocycles. The van der Waals surface area contributed by atoms with Crippen molar-refractivity contribution < 1.29 is 18.7 Å². The Morgan fingerprint density at radius 3 is 2.76 bits per heavy atom. The highest BCUT2D eigenvalue weighted by atomic mass is 16.5. The van der Waals surface area contributed by atoms with Crippen LogP contribution in [0, 0.1) is 6.92 Å². The average Bonchev–Trinajstić information content (AvgIpc) is 2.98. The SMILES string of the molecule is COCCOCCCNC(=O)c1oc2c(ccc3ccccc32)c1C. The molecule has 5 nitrogen and oxygen atoms in total. The van der Waals surface area contributed by atoms with Crippen molar-refractivity contribution in [2.75, 3.05) is 33.5 Å². The molecule has 0 atom stereocenters. The zero-order valence-corrected chi connectivity index (χ0v) is 14.6. The molecule has 0 fully saturated rings. The first-order chi connectivity index (χ1) is 12.2. The number of methoxy groups -OCH3 is 1. The quantitative estimate of drug-likeness (QED) is 0.635. The first-order valence-corrected chi connectivity index (χ1v) is 8.48. The first-order valence-electron chi connectivity index (χ1n) is 8.48. The van der Waals surface area contributed by atoms with E-state index >= 15 is 0 Å². The molecule has 0 aliphatic rings. The number of hydrogen-bond acceptors (Lipinski definition) is 4. The van der Waals surface area contributed by atoms with Crippen LogP contribution in [0.25, 0.3) is 21.7 Å². The highest BCUT2D eigenvalue weighted by molar-refractivity contribution is 6.08. The summed E-state index contributed by atoms with van der Waals surface area (Å²) in [5.74, 6) is 0.196. The van der Waals surface area contributed by atoms with E-state index in [1.807, 2.05) is 37.3 Å². The molecule has 0 bridgehead atoms. The van der Waals surface area contributed by atoms with Gasteiger partial charge in [0.15, 0.2) is 5.76 Å². The standard InChI is InChI=1S/C20H23NO4/c1-14-16-9-8-15-6-3-4-7-17(15)19(16)25-18(14)20(22)21-10-5-11-24-13-12-23-2/h3-4,6-9H,5,10-13H2,1-2H3,(H,21,22). The van der Waals surface area contributed by atoms with Crippen molar-refractivity contribution in [3.05, 3.63) is 47.7 Å².